The number of anilines is 2. The van der Waals surface area contributed by atoms with Crippen molar-refractivity contribution in [2.75, 3.05) is 35.8 Å². The smallest absolute Gasteiger partial charge is 0.261 e. The van der Waals surface area contributed by atoms with Gasteiger partial charge in [0, 0.05) is 42.5 Å². The van der Waals surface area contributed by atoms with Crippen LogP contribution in [0.1, 0.15) is 21.5 Å². The predicted molar refractivity (Wildman–Crippen MR) is 133 cm³/mol. The van der Waals surface area contributed by atoms with Gasteiger partial charge in [0.15, 0.2) is 0 Å². The van der Waals surface area contributed by atoms with E-state index >= 15 is 0 Å². The van der Waals surface area contributed by atoms with Gasteiger partial charge in [-0.05, 0) is 67.4 Å². The van der Waals surface area contributed by atoms with Crippen LogP contribution in [0.15, 0.2) is 71.6 Å². The first kappa shape index (κ1) is 23.1. The van der Waals surface area contributed by atoms with Crippen molar-refractivity contribution in [1.82, 2.24) is 4.90 Å². The number of rotatable bonds is 5. The number of piperazine rings is 1. The number of nitrogens with one attached hydrogen (secondary N) is 1. The maximum Gasteiger partial charge on any atom is 0.261 e. The van der Waals surface area contributed by atoms with Gasteiger partial charge in [-0.2, -0.15) is 0 Å². The Hall–Kier alpha value is -3.03. The summed E-state index contributed by atoms with van der Waals surface area (Å²) in [6.45, 7) is 6.50. The van der Waals surface area contributed by atoms with E-state index in [1.165, 1.54) is 0 Å². The molecule has 1 heterocycles. The molecular formula is C25H26ClN3O3S. The number of carbonyl (C=O) groups excluding carboxylic acids is 1. The van der Waals surface area contributed by atoms with Crippen LogP contribution in [0.3, 0.4) is 0 Å². The van der Waals surface area contributed by atoms with Gasteiger partial charge in [0.1, 0.15) is 0 Å². The molecule has 1 aliphatic heterocycles. The Bertz CT molecular complexity index is 1270. The third-order valence-corrected chi connectivity index (χ3v) is 7.47. The van der Waals surface area contributed by atoms with Gasteiger partial charge in [-0.15, -0.1) is 0 Å². The topological polar surface area (TPSA) is 69.7 Å². The number of benzene rings is 3. The fourth-order valence-electron chi connectivity index (χ4n) is 3.97. The molecule has 6 nitrogen and oxygen atoms in total. The van der Waals surface area contributed by atoms with Crippen LogP contribution in [0.25, 0.3) is 0 Å². The van der Waals surface area contributed by atoms with Gasteiger partial charge < -0.3 is 9.80 Å². The number of carbonyl (C=O) groups is 1. The molecule has 1 aliphatic rings. The van der Waals surface area contributed by atoms with E-state index in [0.717, 1.165) is 24.3 Å². The molecule has 4 rings (SSSR count). The van der Waals surface area contributed by atoms with Crippen molar-refractivity contribution in [3.63, 3.8) is 0 Å². The van der Waals surface area contributed by atoms with Crippen LogP contribution in [-0.4, -0.2) is 45.4 Å². The molecule has 3 aromatic carbocycles. The third kappa shape index (κ3) is 5.15. The minimum Gasteiger partial charge on any atom is -0.368 e. The highest BCUT2D eigenvalue weighted by Gasteiger charge is 2.24. The van der Waals surface area contributed by atoms with Crippen LogP contribution in [0, 0.1) is 13.8 Å². The molecule has 33 heavy (non-hydrogen) atoms. The van der Waals surface area contributed by atoms with E-state index in [9.17, 15) is 13.2 Å². The average molecular weight is 484 g/mol. The number of sulfonamides is 1. The van der Waals surface area contributed by atoms with Crippen molar-refractivity contribution in [2.45, 2.75) is 18.7 Å². The minimum atomic E-state index is -3.69. The Kier molecular flexibility index (Phi) is 6.63. The lowest BCUT2D eigenvalue weighted by atomic mass is 10.1. The van der Waals surface area contributed by atoms with E-state index in [1.807, 2.05) is 23.1 Å². The molecule has 0 aliphatic carbocycles. The number of hydrogen-bond acceptors (Lipinski definition) is 4. The van der Waals surface area contributed by atoms with Crippen LogP contribution in [0.4, 0.5) is 11.4 Å². The summed E-state index contributed by atoms with van der Waals surface area (Å²) in [5, 5.41) is 0.701. The standard InChI is InChI=1S/C25H26ClN3O3S/c1-18-8-10-21(26)17-24(18)28-12-14-29(15-13-28)25(30)20-9-11-23(19(2)16-20)27-33(31,32)22-6-4-3-5-7-22/h3-11,16-17,27H,12-15H2,1-2H3. The summed E-state index contributed by atoms with van der Waals surface area (Å²) in [7, 11) is -3.69. The van der Waals surface area contributed by atoms with E-state index in [4.69, 9.17) is 11.6 Å². The highest BCUT2D eigenvalue weighted by molar-refractivity contribution is 7.92. The molecule has 0 radical (unpaired) electrons. The summed E-state index contributed by atoms with van der Waals surface area (Å²) >= 11 is 6.16. The first-order valence-corrected chi connectivity index (χ1v) is 12.6. The zero-order chi connectivity index (χ0) is 23.6. The van der Waals surface area contributed by atoms with Crippen LogP contribution in [0.5, 0.6) is 0 Å². The molecular weight excluding hydrogens is 458 g/mol. The van der Waals surface area contributed by atoms with E-state index in [0.29, 0.717) is 34.9 Å². The normalized spacial score (nSPS) is 14.3. The lowest BCUT2D eigenvalue weighted by molar-refractivity contribution is 0.0746. The molecule has 1 amide bonds. The Morgan fingerprint density at radius 2 is 1.58 bits per heavy atom. The molecule has 1 saturated heterocycles. The fraction of sp³-hybridized carbons (Fsp3) is 0.240. The quantitative estimate of drug-likeness (QED) is 0.570. The lowest BCUT2D eigenvalue weighted by Gasteiger charge is -2.37. The summed E-state index contributed by atoms with van der Waals surface area (Å²) < 4.78 is 27.8. The predicted octanol–water partition coefficient (Wildman–Crippen LogP) is 4.72. The van der Waals surface area contributed by atoms with Gasteiger partial charge in [0.2, 0.25) is 0 Å². The van der Waals surface area contributed by atoms with Gasteiger partial charge in [-0.3, -0.25) is 9.52 Å². The largest absolute Gasteiger partial charge is 0.368 e. The Morgan fingerprint density at radius 1 is 0.879 bits per heavy atom. The van der Waals surface area contributed by atoms with Crippen molar-refractivity contribution in [3.05, 3.63) is 88.4 Å². The molecule has 0 aromatic heterocycles. The second-order valence-corrected chi connectivity index (χ2v) is 10.3. The second-order valence-electron chi connectivity index (χ2n) is 8.16. The van der Waals surface area contributed by atoms with Crippen molar-refractivity contribution in [3.8, 4) is 0 Å². The summed E-state index contributed by atoms with van der Waals surface area (Å²) in [5.74, 6) is -0.0574. The number of aryl methyl sites for hydroxylation is 2. The number of halogens is 1. The number of hydrogen-bond donors (Lipinski definition) is 1. The fourth-order valence-corrected chi connectivity index (χ4v) is 5.29. The summed E-state index contributed by atoms with van der Waals surface area (Å²) in [6, 6.07) is 19.1. The van der Waals surface area contributed by atoms with E-state index < -0.39 is 10.0 Å². The number of nitrogens with zero attached hydrogens (tertiary/aromatic N) is 2. The molecule has 3 aromatic rings. The average Bonchev–Trinajstić information content (AvgIpc) is 2.82. The van der Waals surface area contributed by atoms with Gasteiger partial charge in [0.25, 0.3) is 15.9 Å². The summed E-state index contributed by atoms with van der Waals surface area (Å²) in [5.41, 5.74) is 3.94. The highest BCUT2D eigenvalue weighted by atomic mass is 35.5. The minimum absolute atomic E-state index is 0.0574. The van der Waals surface area contributed by atoms with Crippen molar-refractivity contribution in [1.29, 1.82) is 0 Å². The van der Waals surface area contributed by atoms with Crippen molar-refractivity contribution in [2.24, 2.45) is 0 Å². The van der Waals surface area contributed by atoms with Crippen LogP contribution < -0.4 is 9.62 Å². The highest BCUT2D eigenvalue weighted by Crippen LogP contribution is 2.26. The summed E-state index contributed by atoms with van der Waals surface area (Å²) in [4.78, 5) is 17.4. The maximum absolute atomic E-state index is 13.1. The molecule has 0 atom stereocenters. The molecule has 0 saturated carbocycles. The molecule has 1 N–H and O–H groups in total. The van der Waals surface area contributed by atoms with E-state index in [2.05, 4.69) is 16.5 Å². The van der Waals surface area contributed by atoms with Gasteiger partial charge in [-0.1, -0.05) is 35.9 Å². The molecule has 0 unspecified atom stereocenters. The summed E-state index contributed by atoms with van der Waals surface area (Å²) in [6.07, 6.45) is 0. The van der Waals surface area contributed by atoms with E-state index in [1.54, 1.807) is 55.5 Å². The van der Waals surface area contributed by atoms with Crippen LogP contribution in [0.2, 0.25) is 5.02 Å². The monoisotopic (exact) mass is 483 g/mol. The van der Waals surface area contributed by atoms with Crippen LogP contribution in [-0.2, 0) is 10.0 Å². The molecule has 172 valence electrons. The third-order valence-electron chi connectivity index (χ3n) is 5.85. The van der Waals surface area contributed by atoms with Gasteiger partial charge in [-0.25, -0.2) is 8.42 Å². The molecule has 0 bridgehead atoms. The second kappa shape index (κ2) is 9.45. The zero-order valence-corrected chi connectivity index (χ0v) is 20.2. The van der Waals surface area contributed by atoms with Crippen LogP contribution >= 0.6 is 11.6 Å². The molecule has 8 heteroatoms. The SMILES string of the molecule is Cc1cc(C(=O)N2CCN(c3cc(Cl)ccc3C)CC2)ccc1NS(=O)(=O)c1ccccc1. The first-order chi connectivity index (χ1) is 15.7. The van der Waals surface area contributed by atoms with Crippen molar-refractivity contribution >= 4 is 38.9 Å². The van der Waals surface area contributed by atoms with Gasteiger partial charge >= 0.3 is 0 Å². The molecule has 1 fully saturated rings. The first-order valence-electron chi connectivity index (χ1n) is 10.7. The van der Waals surface area contributed by atoms with E-state index in [-0.39, 0.29) is 10.8 Å². The number of amides is 1. The maximum atomic E-state index is 13.1. The lowest BCUT2D eigenvalue weighted by Crippen LogP contribution is -2.49. The Morgan fingerprint density at radius 3 is 2.24 bits per heavy atom. The Labute approximate surface area is 199 Å². The zero-order valence-electron chi connectivity index (χ0n) is 18.6. The Balaban J connectivity index is 1.43. The van der Waals surface area contributed by atoms with Gasteiger partial charge in [0.05, 0.1) is 10.6 Å². The molecule has 0 spiro atoms. The van der Waals surface area contributed by atoms with Crippen molar-refractivity contribution < 1.29 is 13.2 Å².